The molecule has 1 atom stereocenters. The first kappa shape index (κ1) is 13.7. The van der Waals surface area contributed by atoms with E-state index in [4.69, 9.17) is 10.2 Å². The molecule has 0 amide bonds. The molecule has 0 aliphatic carbocycles. The Bertz CT molecular complexity index is 692. The highest BCUT2D eigenvalue weighted by Crippen LogP contribution is 2.31. The van der Waals surface area contributed by atoms with E-state index in [9.17, 15) is 0 Å². The molecule has 1 aromatic heterocycles. The molecule has 0 aliphatic heterocycles. The Hall–Kier alpha value is -1.23. The van der Waals surface area contributed by atoms with Crippen LogP contribution in [0.5, 0.6) is 0 Å². The maximum Gasteiger partial charge on any atom is 0.134 e. The van der Waals surface area contributed by atoms with E-state index in [1.54, 1.807) is 11.8 Å². The fourth-order valence-corrected chi connectivity index (χ4v) is 3.54. The minimum atomic E-state index is -0.112. The van der Waals surface area contributed by atoms with Crippen molar-refractivity contribution in [3.8, 4) is 0 Å². The minimum absolute atomic E-state index is 0.112. The van der Waals surface area contributed by atoms with Crippen molar-refractivity contribution in [1.29, 1.82) is 0 Å². The van der Waals surface area contributed by atoms with Gasteiger partial charge in [0.25, 0.3) is 0 Å². The maximum absolute atomic E-state index is 6.23. The molecule has 3 rings (SSSR count). The van der Waals surface area contributed by atoms with Gasteiger partial charge in [0.2, 0.25) is 0 Å². The Labute approximate surface area is 130 Å². The Morgan fingerprint density at radius 3 is 2.65 bits per heavy atom. The fourth-order valence-electron chi connectivity index (χ4n) is 2.01. The molecule has 0 aliphatic rings. The summed E-state index contributed by atoms with van der Waals surface area (Å²) < 4.78 is 6.90. The van der Waals surface area contributed by atoms with Crippen LogP contribution in [-0.2, 0) is 0 Å². The van der Waals surface area contributed by atoms with Crippen LogP contribution in [0.2, 0.25) is 0 Å². The predicted molar refractivity (Wildman–Crippen MR) is 88.0 cm³/mol. The van der Waals surface area contributed by atoms with Gasteiger partial charge < -0.3 is 10.2 Å². The van der Waals surface area contributed by atoms with E-state index in [1.807, 2.05) is 48.5 Å². The van der Waals surface area contributed by atoms with E-state index in [1.165, 1.54) is 4.90 Å². The van der Waals surface area contributed by atoms with Crippen molar-refractivity contribution in [2.45, 2.75) is 10.9 Å². The van der Waals surface area contributed by atoms with Crippen molar-refractivity contribution >= 4 is 38.7 Å². The third-order valence-electron chi connectivity index (χ3n) is 3.07. The Kier molecular flexibility index (Phi) is 4.15. The first-order valence-corrected chi connectivity index (χ1v) is 8.13. The van der Waals surface area contributed by atoms with Crippen LogP contribution in [0, 0.1) is 0 Å². The average Bonchev–Trinajstić information content (AvgIpc) is 2.90. The second-order valence-corrected chi connectivity index (χ2v) is 6.45. The van der Waals surface area contributed by atoms with Gasteiger partial charge in [-0.25, -0.2) is 0 Å². The number of benzene rings is 2. The van der Waals surface area contributed by atoms with Crippen molar-refractivity contribution in [2.24, 2.45) is 5.73 Å². The lowest BCUT2D eigenvalue weighted by Gasteiger charge is -2.09. The van der Waals surface area contributed by atoms with E-state index in [0.717, 1.165) is 27.0 Å². The number of nitrogens with two attached hydrogens (primary N) is 1. The van der Waals surface area contributed by atoms with E-state index >= 15 is 0 Å². The zero-order valence-electron chi connectivity index (χ0n) is 10.8. The van der Waals surface area contributed by atoms with Gasteiger partial charge in [-0.15, -0.1) is 11.8 Å². The van der Waals surface area contributed by atoms with E-state index in [0.29, 0.717) is 0 Å². The van der Waals surface area contributed by atoms with E-state index in [-0.39, 0.29) is 6.04 Å². The van der Waals surface area contributed by atoms with E-state index < -0.39 is 0 Å². The number of fused-ring (bicyclic) bond motifs is 1. The average molecular weight is 348 g/mol. The lowest BCUT2D eigenvalue weighted by molar-refractivity contribution is 0.516. The SMILES string of the molecule is NC(CSc1ccccc1Br)c1cc2ccccc2o1. The molecular weight excluding hydrogens is 334 g/mol. The van der Waals surface area contributed by atoms with Crippen LogP contribution in [0.25, 0.3) is 11.0 Å². The van der Waals surface area contributed by atoms with Gasteiger partial charge in [0.1, 0.15) is 11.3 Å². The summed E-state index contributed by atoms with van der Waals surface area (Å²) >= 11 is 5.27. The largest absolute Gasteiger partial charge is 0.459 e. The monoisotopic (exact) mass is 347 g/mol. The molecule has 2 nitrogen and oxygen atoms in total. The topological polar surface area (TPSA) is 39.2 Å². The summed E-state index contributed by atoms with van der Waals surface area (Å²) in [6, 6.07) is 18.0. The van der Waals surface area contributed by atoms with Crippen LogP contribution in [-0.4, -0.2) is 5.75 Å². The predicted octanol–water partition coefficient (Wildman–Crippen LogP) is 4.99. The quantitative estimate of drug-likeness (QED) is 0.676. The van der Waals surface area contributed by atoms with Gasteiger partial charge in [-0.1, -0.05) is 30.3 Å². The lowest BCUT2D eigenvalue weighted by atomic mass is 10.2. The highest BCUT2D eigenvalue weighted by molar-refractivity contribution is 9.10. The molecule has 20 heavy (non-hydrogen) atoms. The highest BCUT2D eigenvalue weighted by Gasteiger charge is 2.13. The van der Waals surface area contributed by atoms with Crippen molar-refractivity contribution in [1.82, 2.24) is 0 Å². The van der Waals surface area contributed by atoms with Crippen LogP contribution >= 0.6 is 27.7 Å². The molecule has 1 unspecified atom stereocenters. The summed E-state index contributed by atoms with van der Waals surface area (Å²) in [5.41, 5.74) is 7.12. The summed E-state index contributed by atoms with van der Waals surface area (Å²) in [5.74, 6) is 1.62. The molecular formula is C16H14BrNOS. The van der Waals surface area contributed by atoms with Crippen molar-refractivity contribution < 1.29 is 4.42 Å². The second kappa shape index (κ2) is 6.04. The van der Waals surface area contributed by atoms with Crippen LogP contribution in [0.3, 0.4) is 0 Å². The Balaban J connectivity index is 1.73. The Morgan fingerprint density at radius 2 is 1.85 bits per heavy atom. The number of para-hydroxylation sites is 1. The van der Waals surface area contributed by atoms with Crippen LogP contribution in [0.4, 0.5) is 0 Å². The minimum Gasteiger partial charge on any atom is -0.459 e. The second-order valence-electron chi connectivity index (χ2n) is 4.53. The lowest BCUT2D eigenvalue weighted by Crippen LogP contribution is -2.11. The Morgan fingerprint density at radius 1 is 1.10 bits per heavy atom. The summed E-state index contributed by atoms with van der Waals surface area (Å²) in [5, 5.41) is 1.10. The van der Waals surface area contributed by atoms with Gasteiger partial charge in [-0.2, -0.15) is 0 Å². The molecule has 2 N–H and O–H groups in total. The zero-order chi connectivity index (χ0) is 13.9. The first-order chi connectivity index (χ1) is 9.74. The standard InChI is InChI=1S/C16H14BrNOS/c17-12-6-2-4-8-16(12)20-10-13(18)15-9-11-5-1-3-7-14(11)19-15/h1-9,13H,10,18H2. The maximum atomic E-state index is 6.23. The van der Waals surface area contributed by atoms with Crippen LogP contribution in [0.15, 0.2) is 68.4 Å². The molecule has 2 aromatic carbocycles. The zero-order valence-corrected chi connectivity index (χ0v) is 13.2. The van der Waals surface area contributed by atoms with Gasteiger partial charge in [0.15, 0.2) is 0 Å². The third kappa shape index (κ3) is 2.92. The normalized spacial score (nSPS) is 12.7. The third-order valence-corrected chi connectivity index (χ3v) is 5.21. The molecule has 1 heterocycles. The molecule has 0 saturated heterocycles. The van der Waals surface area contributed by atoms with Gasteiger partial charge in [0, 0.05) is 20.5 Å². The molecule has 0 saturated carbocycles. The van der Waals surface area contributed by atoms with Gasteiger partial charge in [-0.05, 0) is 40.2 Å². The number of hydrogen-bond donors (Lipinski definition) is 1. The molecule has 102 valence electrons. The molecule has 0 spiro atoms. The fraction of sp³-hybridized carbons (Fsp3) is 0.125. The summed E-state index contributed by atoms with van der Waals surface area (Å²) in [4.78, 5) is 1.19. The molecule has 0 radical (unpaired) electrons. The highest BCUT2D eigenvalue weighted by atomic mass is 79.9. The van der Waals surface area contributed by atoms with Crippen LogP contribution in [0.1, 0.15) is 11.8 Å². The summed E-state index contributed by atoms with van der Waals surface area (Å²) in [7, 11) is 0. The van der Waals surface area contributed by atoms with E-state index in [2.05, 4.69) is 22.0 Å². The van der Waals surface area contributed by atoms with Crippen molar-refractivity contribution in [2.75, 3.05) is 5.75 Å². The molecule has 0 bridgehead atoms. The number of halogens is 1. The number of thioether (sulfide) groups is 1. The molecule has 3 aromatic rings. The van der Waals surface area contributed by atoms with Gasteiger partial charge in [0.05, 0.1) is 6.04 Å². The number of rotatable bonds is 4. The number of hydrogen-bond acceptors (Lipinski definition) is 3. The molecule has 4 heteroatoms. The van der Waals surface area contributed by atoms with Crippen molar-refractivity contribution in [3.63, 3.8) is 0 Å². The van der Waals surface area contributed by atoms with Crippen LogP contribution < -0.4 is 5.73 Å². The number of furan rings is 1. The first-order valence-electron chi connectivity index (χ1n) is 6.35. The summed E-state index contributed by atoms with van der Waals surface area (Å²) in [6.07, 6.45) is 0. The summed E-state index contributed by atoms with van der Waals surface area (Å²) in [6.45, 7) is 0. The smallest absolute Gasteiger partial charge is 0.134 e. The van der Waals surface area contributed by atoms with Gasteiger partial charge >= 0.3 is 0 Å². The van der Waals surface area contributed by atoms with Crippen molar-refractivity contribution in [3.05, 3.63) is 64.8 Å². The molecule has 0 fully saturated rings. The van der Waals surface area contributed by atoms with Gasteiger partial charge in [-0.3, -0.25) is 0 Å².